The normalized spacial score (nSPS) is 12.9. The van der Waals surface area contributed by atoms with Crippen molar-refractivity contribution < 1.29 is 4.74 Å². The van der Waals surface area contributed by atoms with Gasteiger partial charge in [0.1, 0.15) is 5.75 Å². The lowest BCUT2D eigenvalue weighted by Gasteiger charge is -2.19. The Bertz CT molecular complexity index is 424. The minimum atomic E-state index is 0.487. The Hall–Kier alpha value is -0.950. The summed E-state index contributed by atoms with van der Waals surface area (Å²) >= 11 is 6.27. The second kappa shape index (κ2) is 8.27. The van der Waals surface area contributed by atoms with Crippen LogP contribution in [-0.4, -0.2) is 7.11 Å². The summed E-state index contributed by atoms with van der Waals surface area (Å²) < 4.78 is 5.53. The van der Waals surface area contributed by atoms with Gasteiger partial charge < -0.3 is 4.74 Å². The van der Waals surface area contributed by atoms with Crippen LogP contribution in [0.2, 0.25) is 5.02 Å². The Morgan fingerprint density at radius 3 is 2.58 bits per heavy atom. The first kappa shape index (κ1) is 16.1. The molecule has 0 saturated heterocycles. The van der Waals surface area contributed by atoms with Gasteiger partial charge in [-0.2, -0.15) is 0 Å². The van der Waals surface area contributed by atoms with Gasteiger partial charge >= 0.3 is 0 Å². The molecule has 1 aromatic rings. The first-order valence-electron chi connectivity index (χ1n) is 7.13. The zero-order valence-corrected chi connectivity index (χ0v) is 13.3. The largest absolute Gasteiger partial charge is 0.496 e. The van der Waals surface area contributed by atoms with Crippen LogP contribution in [0.5, 0.6) is 5.75 Å². The van der Waals surface area contributed by atoms with Crippen molar-refractivity contribution in [2.24, 2.45) is 0 Å². The maximum atomic E-state index is 6.27. The fraction of sp³-hybridized carbons (Fsp3) is 0.529. The SMILES string of the molecule is CC/C=C\CC(CCC)c1cc(Cl)c(C)cc1OC. The summed E-state index contributed by atoms with van der Waals surface area (Å²) in [6.45, 7) is 6.40. The molecule has 0 heterocycles. The lowest BCUT2D eigenvalue weighted by atomic mass is 9.90. The zero-order valence-electron chi connectivity index (χ0n) is 12.5. The second-order valence-corrected chi connectivity index (χ2v) is 5.35. The Balaban J connectivity index is 3.06. The molecule has 1 unspecified atom stereocenters. The van der Waals surface area contributed by atoms with Crippen molar-refractivity contribution in [3.63, 3.8) is 0 Å². The third-order valence-corrected chi connectivity index (χ3v) is 3.82. The predicted octanol–water partition coefficient (Wildman–Crippen LogP) is 5.90. The molecule has 1 nitrogen and oxygen atoms in total. The Morgan fingerprint density at radius 1 is 1.26 bits per heavy atom. The average molecular weight is 281 g/mol. The quantitative estimate of drug-likeness (QED) is 0.565. The van der Waals surface area contributed by atoms with Gasteiger partial charge in [-0.15, -0.1) is 0 Å². The van der Waals surface area contributed by atoms with Gasteiger partial charge in [0.15, 0.2) is 0 Å². The van der Waals surface area contributed by atoms with Crippen molar-refractivity contribution >= 4 is 11.6 Å². The van der Waals surface area contributed by atoms with Gasteiger partial charge in [-0.1, -0.05) is 44.0 Å². The topological polar surface area (TPSA) is 9.23 Å². The maximum absolute atomic E-state index is 6.27. The number of hydrogen-bond acceptors (Lipinski definition) is 1. The molecule has 1 atom stereocenters. The van der Waals surface area contributed by atoms with Crippen LogP contribution >= 0.6 is 11.6 Å². The highest BCUT2D eigenvalue weighted by molar-refractivity contribution is 6.31. The molecule has 1 rings (SSSR count). The first-order chi connectivity index (χ1) is 9.13. The molecular formula is C17H25ClO. The highest BCUT2D eigenvalue weighted by atomic mass is 35.5. The monoisotopic (exact) mass is 280 g/mol. The molecular weight excluding hydrogens is 256 g/mol. The number of hydrogen-bond donors (Lipinski definition) is 0. The second-order valence-electron chi connectivity index (χ2n) is 4.94. The van der Waals surface area contributed by atoms with Crippen LogP contribution in [0.4, 0.5) is 0 Å². The third kappa shape index (κ3) is 4.58. The van der Waals surface area contributed by atoms with Crippen molar-refractivity contribution in [3.8, 4) is 5.75 Å². The molecule has 0 saturated carbocycles. The summed E-state index contributed by atoms with van der Waals surface area (Å²) in [7, 11) is 1.73. The fourth-order valence-electron chi connectivity index (χ4n) is 2.34. The van der Waals surface area contributed by atoms with Crippen molar-refractivity contribution in [1.82, 2.24) is 0 Å². The molecule has 106 valence electrons. The molecule has 0 aromatic heterocycles. The zero-order chi connectivity index (χ0) is 14.3. The van der Waals surface area contributed by atoms with Gasteiger partial charge in [-0.3, -0.25) is 0 Å². The Morgan fingerprint density at radius 2 is 2.00 bits per heavy atom. The third-order valence-electron chi connectivity index (χ3n) is 3.41. The molecule has 0 bridgehead atoms. The highest BCUT2D eigenvalue weighted by Gasteiger charge is 2.16. The Kier molecular flexibility index (Phi) is 7.01. The van der Waals surface area contributed by atoms with E-state index in [4.69, 9.17) is 16.3 Å². The molecule has 2 heteroatoms. The standard InChI is InChI=1S/C17H25ClO/c1-5-7-8-10-14(9-6-2)15-12-16(18)13(3)11-17(15)19-4/h7-8,11-12,14H,5-6,9-10H2,1-4H3/b8-7-. The fourth-order valence-corrected chi connectivity index (χ4v) is 2.51. The summed E-state index contributed by atoms with van der Waals surface area (Å²) in [6, 6.07) is 4.12. The molecule has 0 radical (unpaired) electrons. The molecule has 0 aliphatic heterocycles. The van der Waals surface area contributed by atoms with Crippen molar-refractivity contribution in [1.29, 1.82) is 0 Å². The summed E-state index contributed by atoms with van der Waals surface area (Å²) in [5.74, 6) is 1.45. The van der Waals surface area contributed by atoms with Gasteiger partial charge in [-0.25, -0.2) is 0 Å². The van der Waals surface area contributed by atoms with Crippen LogP contribution in [0.15, 0.2) is 24.3 Å². The smallest absolute Gasteiger partial charge is 0.122 e. The van der Waals surface area contributed by atoms with Gasteiger partial charge in [0, 0.05) is 5.02 Å². The lowest BCUT2D eigenvalue weighted by molar-refractivity contribution is 0.403. The van der Waals surface area contributed by atoms with Crippen LogP contribution in [0.3, 0.4) is 0 Å². The van der Waals surface area contributed by atoms with E-state index in [9.17, 15) is 0 Å². The van der Waals surface area contributed by atoms with Crippen molar-refractivity contribution in [2.75, 3.05) is 7.11 Å². The van der Waals surface area contributed by atoms with E-state index in [1.807, 2.05) is 13.0 Å². The number of halogens is 1. The maximum Gasteiger partial charge on any atom is 0.122 e. The van der Waals surface area contributed by atoms with E-state index in [2.05, 4.69) is 32.1 Å². The van der Waals surface area contributed by atoms with E-state index < -0.39 is 0 Å². The molecule has 0 spiro atoms. The highest BCUT2D eigenvalue weighted by Crippen LogP contribution is 2.36. The summed E-state index contributed by atoms with van der Waals surface area (Å²) in [5.41, 5.74) is 2.31. The molecule has 0 aliphatic carbocycles. The number of benzene rings is 1. The number of allylic oxidation sites excluding steroid dienone is 2. The van der Waals surface area contributed by atoms with Crippen molar-refractivity contribution in [2.45, 2.75) is 52.4 Å². The van der Waals surface area contributed by atoms with Crippen LogP contribution in [0.25, 0.3) is 0 Å². The summed E-state index contributed by atoms with van der Waals surface area (Å²) in [6.07, 6.45) is 8.96. The van der Waals surface area contributed by atoms with Crippen LogP contribution < -0.4 is 4.74 Å². The number of rotatable bonds is 7. The summed E-state index contributed by atoms with van der Waals surface area (Å²) in [5, 5.41) is 0.830. The average Bonchev–Trinajstić information content (AvgIpc) is 2.40. The van der Waals surface area contributed by atoms with Gasteiger partial charge in [-0.05, 0) is 55.4 Å². The van der Waals surface area contributed by atoms with E-state index >= 15 is 0 Å². The molecule has 0 amide bonds. The first-order valence-corrected chi connectivity index (χ1v) is 7.50. The van der Waals surface area contributed by atoms with E-state index in [0.717, 1.165) is 35.6 Å². The molecule has 0 aliphatic rings. The van der Waals surface area contributed by atoms with Gasteiger partial charge in [0.25, 0.3) is 0 Å². The van der Waals surface area contributed by atoms with E-state index in [-0.39, 0.29) is 0 Å². The number of methoxy groups -OCH3 is 1. The molecule has 1 aromatic carbocycles. The number of ether oxygens (including phenoxy) is 1. The number of aryl methyl sites for hydroxylation is 1. The Labute approximate surface area is 122 Å². The molecule has 19 heavy (non-hydrogen) atoms. The molecule has 0 N–H and O–H groups in total. The minimum Gasteiger partial charge on any atom is -0.496 e. The van der Waals surface area contributed by atoms with Crippen LogP contribution in [0.1, 0.15) is 56.6 Å². The van der Waals surface area contributed by atoms with E-state index in [1.165, 1.54) is 12.0 Å². The van der Waals surface area contributed by atoms with Crippen LogP contribution in [0, 0.1) is 6.92 Å². The van der Waals surface area contributed by atoms with E-state index in [1.54, 1.807) is 7.11 Å². The molecule has 0 fully saturated rings. The van der Waals surface area contributed by atoms with Crippen molar-refractivity contribution in [3.05, 3.63) is 40.4 Å². The van der Waals surface area contributed by atoms with Gasteiger partial charge in [0.2, 0.25) is 0 Å². The predicted molar refractivity (Wildman–Crippen MR) is 84.4 cm³/mol. The lowest BCUT2D eigenvalue weighted by Crippen LogP contribution is -2.02. The minimum absolute atomic E-state index is 0.487. The van der Waals surface area contributed by atoms with Gasteiger partial charge in [0.05, 0.1) is 7.11 Å². The van der Waals surface area contributed by atoms with E-state index in [0.29, 0.717) is 5.92 Å². The summed E-state index contributed by atoms with van der Waals surface area (Å²) in [4.78, 5) is 0. The van der Waals surface area contributed by atoms with Crippen LogP contribution in [-0.2, 0) is 0 Å².